The Morgan fingerprint density at radius 1 is 1.10 bits per heavy atom. The molecule has 0 amide bonds. The van der Waals surface area contributed by atoms with Gasteiger partial charge in [0.05, 0.1) is 0 Å². The molecule has 0 saturated heterocycles. The molecule has 0 N–H and O–H groups in total. The second-order valence-electron chi connectivity index (χ2n) is 4.73. The van der Waals surface area contributed by atoms with Crippen molar-refractivity contribution < 1.29 is 14.3 Å². The first-order valence-electron chi connectivity index (χ1n) is 7.06. The highest BCUT2D eigenvalue weighted by molar-refractivity contribution is 5.87. The molecule has 2 rings (SSSR count). The number of carbonyl (C=O) groups is 1. The molecule has 3 heteroatoms. The van der Waals surface area contributed by atoms with Crippen LogP contribution in [0.2, 0.25) is 0 Å². The van der Waals surface area contributed by atoms with Gasteiger partial charge in [-0.25, -0.2) is 0 Å². The molecule has 21 heavy (non-hydrogen) atoms. The van der Waals surface area contributed by atoms with Gasteiger partial charge in [-0.15, -0.1) is 0 Å². The summed E-state index contributed by atoms with van der Waals surface area (Å²) in [6.45, 7) is 2.58. The zero-order chi connectivity index (χ0) is 15.1. The second-order valence-corrected chi connectivity index (χ2v) is 4.73. The number of rotatable bonds is 7. The first-order chi connectivity index (χ1) is 10.3. The van der Waals surface area contributed by atoms with Gasteiger partial charge in [-0.2, -0.15) is 0 Å². The molecule has 3 nitrogen and oxygen atoms in total. The maximum absolute atomic E-state index is 11.1. The minimum Gasteiger partial charge on any atom is -0.356 e. The fourth-order valence-electron chi connectivity index (χ4n) is 2.27. The van der Waals surface area contributed by atoms with Gasteiger partial charge in [0.25, 0.3) is 0 Å². The fraction of sp³-hybridized carbons (Fsp3) is 0.278. The third-order valence-electron chi connectivity index (χ3n) is 3.37. The van der Waals surface area contributed by atoms with Crippen LogP contribution in [0, 0.1) is 0 Å². The van der Waals surface area contributed by atoms with E-state index in [1.165, 1.54) is 0 Å². The molecule has 0 radical (unpaired) electrons. The monoisotopic (exact) mass is 284 g/mol. The van der Waals surface area contributed by atoms with E-state index in [0.29, 0.717) is 18.6 Å². The van der Waals surface area contributed by atoms with E-state index in [1.807, 2.05) is 55.5 Å². The van der Waals surface area contributed by atoms with Crippen molar-refractivity contribution in [1.29, 1.82) is 0 Å². The third-order valence-corrected chi connectivity index (χ3v) is 3.37. The summed E-state index contributed by atoms with van der Waals surface area (Å²) in [5.74, 6) is 0. The Morgan fingerprint density at radius 3 is 2.43 bits per heavy atom. The van der Waals surface area contributed by atoms with E-state index in [4.69, 9.17) is 9.47 Å². The molecule has 110 valence electrons. The molecule has 0 fully saturated rings. The highest BCUT2D eigenvalue weighted by Crippen LogP contribution is 2.23. The first kappa shape index (κ1) is 15.4. The Hall–Kier alpha value is -1.97. The predicted octanol–water partition coefficient (Wildman–Crippen LogP) is 3.72. The molecule has 0 aliphatic heterocycles. The zero-order valence-electron chi connectivity index (χ0n) is 12.4. The van der Waals surface area contributed by atoms with Crippen LogP contribution >= 0.6 is 0 Å². The van der Waals surface area contributed by atoms with Gasteiger partial charge in [0.2, 0.25) is 0 Å². The second kappa shape index (κ2) is 7.72. The summed E-state index contributed by atoms with van der Waals surface area (Å²) in [6, 6.07) is 15.7. The number of aldehydes is 1. The van der Waals surface area contributed by atoms with Crippen molar-refractivity contribution in [3.05, 3.63) is 59.7 Å². The minimum absolute atomic E-state index is 0.219. The molecule has 2 aromatic carbocycles. The molecule has 0 spiro atoms. The number of hydrogen-bond acceptors (Lipinski definition) is 3. The van der Waals surface area contributed by atoms with E-state index >= 15 is 0 Å². The van der Waals surface area contributed by atoms with Crippen molar-refractivity contribution in [1.82, 2.24) is 0 Å². The molecular weight excluding hydrogens is 264 g/mol. The Kier molecular flexibility index (Phi) is 5.67. The van der Waals surface area contributed by atoms with Crippen LogP contribution in [-0.4, -0.2) is 26.3 Å². The Morgan fingerprint density at radius 2 is 1.81 bits per heavy atom. The summed E-state index contributed by atoms with van der Waals surface area (Å²) in [5.41, 5.74) is 3.83. The molecule has 0 aromatic heterocycles. The molecular formula is C18H20O3. The van der Waals surface area contributed by atoms with Gasteiger partial charge in [-0.05, 0) is 23.6 Å². The van der Waals surface area contributed by atoms with E-state index in [0.717, 1.165) is 23.0 Å². The summed E-state index contributed by atoms with van der Waals surface area (Å²) < 4.78 is 10.8. The van der Waals surface area contributed by atoms with Gasteiger partial charge in [0, 0.05) is 25.7 Å². The van der Waals surface area contributed by atoms with Crippen molar-refractivity contribution in [3.63, 3.8) is 0 Å². The number of carbonyl (C=O) groups excluding carboxylic acids is 1. The summed E-state index contributed by atoms with van der Waals surface area (Å²) in [4.78, 5) is 11.1. The van der Waals surface area contributed by atoms with Crippen LogP contribution in [0.3, 0.4) is 0 Å². The average Bonchev–Trinajstić information content (AvgIpc) is 2.55. The van der Waals surface area contributed by atoms with Gasteiger partial charge in [-0.1, -0.05) is 48.5 Å². The van der Waals surface area contributed by atoms with Crippen molar-refractivity contribution in [2.45, 2.75) is 19.6 Å². The SMILES string of the molecule is CCOC(Cc1ccc(-c2ccccc2C=O)cc1)OC. The maximum Gasteiger partial charge on any atom is 0.161 e. The Balaban J connectivity index is 2.17. The lowest BCUT2D eigenvalue weighted by molar-refractivity contribution is -0.118. The topological polar surface area (TPSA) is 35.5 Å². The lowest BCUT2D eigenvalue weighted by atomic mass is 9.99. The molecule has 1 unspecified atom stereocenters. The Bertz CT molecular complexity index is 575. The number of hydrogen-bond donors (Lipinski definition) is 0. The van der Waals surface area contributed by atoms with E-state index in [2.05, 4.69) is 0 Å². The van der Waals surface area contributed by atoms with E-state index in [1.54, 1.807) is 7.11 Å². The lowest BCUT2D eigenvalue weighted by Gasteiger charge is -2.15. The van der Waals surface area contributed by atoms with Crippen LogP contribution in [0.25, 0.3) is 11.1 Å². The van der Waals surface area contributed by atoms with Gasteiger partial charge in [-0.3, -0.25) is 4.79 Å². The normalized spacial score (nSPS) is 12.1. The van der Waals surface area contributed by atoms with Gasteiger partial charge in [0.1, 0.15) is 0 Å². The standard InChI is InChI=1S/C18H20O3/c1-3-21-18(20-2)12-14-8-10-15(11-9-14)17-7-5-4-6-16(17)13-19/h4-11,13,18H,3,12H2,1-2H3. The quantitative estimate of drug-likeness (QED) is 0.574. The summed E-state index contributed by atoms with van der Waals surface area (Å²) >= 11 is 0. The number of ether oxygens (including phenoxy) is 2. The molecule has 1 atom stereocenters. The predicted molar refractivity (Wildman–Crippen MR) is 83.4 cm³/mol. The Labute approximate surface area is 125 Å². The third kappa shape index (κ3) is 4.00. The van der Waals surface area contributed by atoms with Crippen LogP contribution in [0.4, 0.5) is 0 Å². The number of methoxy groups -OCH3 is 1. The van der Waals surface area contributed by atoms with Crippen LogP contribution in [0.5, 0.6) is 0 Å². The van der Waals surface area contributed by atoms with Crippen LogP contribution < -0.4 is 0 Å². The van der Waals surface area contributed by atoms with E-state index < -0.39 is 0 Å². The average molecular weight is 284 g/mol. The van der Waals surface area contributed by atoms with Crippen molar-refractivity contribution in [2.24, 2.45) is 0 Å². The van der Waals surface area contributed by atoms with Gasteiger partial charge in [0.15, 0.2) is 12.6 Å². The fourth-order valence-corrected chi connectivity index (χ4v) is 2.27. The minimum atomic E-state index is -0.219. The summed E-state index contributed by atoms with van der Waals surface area (Å²) in [7, 11) is 1.65. The van der Waals surface area contributed by atoms with Gasteiger partial charge < -0.3 is 9.47 Å². The smallest absolute Gasteiger partial charge is 0.161 e. The van der Waals surface area contributed by atoms with Crippen LogP contribution in [0.15, 0.2) is 48.5 Å². The molecule has 0 saturated carbocycles. The van der Waals surface area contributed by atoms with Crippen molar-refractivity contribution in [3.8, 4) is 11.1 Å². The van der Waals surface area contributed by atoms with Crippen LogP contribution in [0.1, 0.15) is 22.8 Å². The van der Waals surface area contributed by atoms with Crippen molar-refractivity contribution in [2.75, 3.05) is 13.7 Å². The highest BCUT2D eigenvalue weighted by atomic mass is 16.7. The highest BCUT2D eigenvalue weighted by Gasteiger charge is 2.08. The van der Waals surface area contributed by atoms with Gasteiger partial charge >= 0.3 is 0 Å². The molecule has 0 aliphatic rings. The first-order valence-corrected chi connectivity index (χ1v) is 7.06. The molecule has 0 aliphatic carbocycles. The molecule has 0 bridgehead atoms. The lowest BCUT2D eigenvalue weighted by Crippen LogP contribution is -2.18. The number of benzene rings is 2. The largest absolute Gasteiger partial charge is 0.356 e. The van der Waals surface area contributed by atoms with Crippen molar-refractivity contribution >= 4 is 6.29 Å². The zero-order valence-corrected chi connectivity index (χ0v) is 12.4. The van der Waals surface area contributed by atoms with E-state index in [9.17, 15) is 4.79 Å². The summed E-state index contributed by atoms with van der Waals surface area (Å²) in [5, 5.41) is 0. The van der Waals surface area contributed by atoms with E-state index in [-0.39, 0.29) is 6.29 Å². The molecule has 0 heterocycles. The molecule has 2 aromatic rings. The van der Waals surface area contributed by atoms with Crippen LogP contribution in [-0.2, 0) is 15.9 Å². The summed E-state index contributed by atoms with van der Waals surface area (Å²) in [6.07, 6.45) is 1.38. The maximum atomic E-state index is 11.1.